The second kappa shape index (κ2) is 10.9. The first-order chi connectivity index (χ1) is 14.1. The lowest BCUT2D eigenvalue weighted by Crippen LogP contribution is -2.34. The highest BCUT2D eigenvalue weighted by atomic mass is 32.2. The van der Waals surface area contributed by atoms with Gasteiger partial charge in [-0.05, 0) is 52.8 Å². The van der Waals surface area contributed by atoms with Crippen LogP contribution in [0.1, 0.15) is 94.9 Å². The maximum Gasteiger partial charge on any atom is 0.235 e. The van der Waals surface area contributed by atoms with E-state index in [0.717, 1.165) is 21.6 Å². The number of carbonyl (C=O) groups excluding carboxylic acids is 1. The highest BCUT2D eigenvalue weighted by Crippen LogP contribution is 2.34. The Morgan fingerprint density at radius 1 is 0.900 bits per heavy atom. The van der Waals surface area contributed by atoms with Crippen molar-refractivity contribution in [3.8, 4) is 0 Å². The van der Waals surface area contributed by atoms with Crippen LogP contribution in [0.4, 0.5) is 0 Å². The van der Waals surface area contributed by atoms with Crippen LogP contribution in [0, 0.1) is 5.92 Å². The summed E-state index contributed by atoms with van der Waals surface area (Å²) in [4.78, 5) is 13.8. The number of benzene rings is 2. The van der Waals surface area contributed by atoms with E-state index in [1.165, 1.54) is 5.56 Å². The van der Waals surface area contributed by atoms with Crippen molar-refractivity contribution < 1.29 is 9.00 Å². The standard InChI is InChI=1S/C26H37NO2S/c1-8-21(14-20-12-10-9-11-13-20)26(28)27-30(29)25-23(18(4)5)15-22(17(2)3)16-24(25)19(6)7/h9-13,15-19,21H,8,14H2,1-7H3,(H,27,28)/t21-,30?/m0/s1. The number of carbonyl (C=O) groups is 1. The van der Waals surface area contributed by atoms with E-state index >= 15 is 0 Å². The van der Waals surface area contributed by atoms with Gasteiger partial charge in [0.1, 0.15) is 0 Å². The van der Waals surface area contributed by atoms with Gasteiger partial charge in [-0.25, -0.2) is 4.21 Å². The molecule has 1 amide bonds. The summed E-state index contributed by atoms with van der Waals surface area (Å²) in [5, 5.41) is 0. The van der Waals surface area contributed by atoms with Crippen molar-refractivity contribution >= 4 is 16.9 Å². The van der Waals surface area contributed by atoms with Crippen LogP contribution < -0.4 is 4.72 Å². The van der Waals surface area contributed by atoms with E-state index in [1.54, 1.807) is 0 Å². The smallest absolute Gasteiger partial charge is 0.235 e. The summed E-state index contributed by atoms with van der Waals surface area (Å²) in [6, 6.07) is 14.3. The Balaban J connectivity index is 2.35. The van der Waals surface area contributed by atoms with Crippen molar-refractivity contribution in [3.05, 3.63) is 64.7 Å². The van der Waals surface area contributed by atoms with E-state index < -0.39 is 11.0 Å². The summed E-state index contributed by atoms with van der Waals surface area (Å²) in [7, 11) is -1.58. The molecule has 0 bridgehead atoms. The number of amides is 1. The maximum atomic E-state index is 13.4. The van der Waals surface area contributed by atoms with Crippen LogP contribution in [0.2, 0.25) is 0 Å². The zero-order valence-corrected chi connectivity index (χ0v) is 20.3. The van der Waals surface area contributed by atoms with Crippen molar-refractivity contribution in [1.29, 1.82) is 0 Å². The Hall–Kier alpha value is -1.94. The summed E-state index contributed by atoms with van der Waals surface area (Å²) in [6.07, 6.45) is 1.36. The molecule has 164 valence electrons. The van der Waals surface area contributed by atoms with Crippen LogP contribution in [0.15, 0.2) is 47.4 Å². The van der Waals surface area contributed by atoms with Gasteiger partial charge in [0, 0.05) is 5.92 Å². The molecule has 0 saturated carbocycles. The Morgan fingerprint density at radius 2 is 1.43 bits per heavy atom. The average molecular weight is 428 g/mol. The lowest BCUT2D eigenvalue weighted by atomic mass is 9.89. The normalized spacial score (nSPS) is 13.7. The molecule has 4 heteroatoms. The van der Waals surface area contributed by atoms with Crippen LogP contribution in [0.25, 0.3) is 0 Å². The molecule has 0 radical (unpaired) electrons. The van der Waals surface area contributed by atoms with Gasteiger partial charge in [0.15, 0.2) is 11.0 Å². The van der Waals surface area contributed by atoms with Crippen molar-refractivity contribution in [2.75, 3.05) is 0 Å². The molecule has 3 nitrogen and oxygen atoms in total. The Labute approximate surface area is 185 Å². The minimum Gasteiger partial charge on any atom is -0.274 e. The lowest BCUT2D eigenvalue weighted by Gasteiger charge is -2.23. The third-order valence-electron chi connectivity index (χ3n) is 5.65. The van der Waals surface area contributed by atoms with Gasteiger partial charge in [-0.3, -0.25) is 9.52 Å². The van der Waals surface area contributed by atoms with Gasteiger partial charge in [-0.15, -0.1) is 0 Å². The number of rotatable bonds is 9. The van der Waals surface area contributed by atoms with Crippen LogP contribution in [-0.4, -0.2) is 10.1 Å². The largest absolute Gasteiger partial charge is 0.274 e. The maximum absolute atomic E-state index is 13.4. The Morgan fingerprint density at radius 3 is 1.87 bits per heavy atom. The van der Waals surface area contributed by atoms with E-state index in [1.807, 2.05) is 37.3 Å². The second-order valence-corrected chi connectivity index (χ2v) is 10.2. The SMILES string of the molecule is CC[C@@H](Cc1ccccc1)C(=O)NS(=O)c1c(C(C)C)cc(C(C)C)cc1C(C)C. The van der Waals surface area contributed by atoms with Crippen LogP contribution in [0.3, 0.4) is 0 Å². The molecule has 2 aromatic rings. The number of hydrogen-bond donors (Lipinski definition) is 1. The van der Waals surface area contributed by atoms with E-state index in [9.17, 15) is 9.00 Å². The molecule has 1 unspecified atom stereocenters. The molecule has 0 heterocycles. The molecule has 2 atom stereocenters. The van der Waals surface area contributed by atoms with Gasteiger partial charge in [-0.1, -0.05) is 90.9 Å². The first-order valence-corrected chi connectivity index (χ1v) is 12.2. The van der Waals surface area contributed by atoms with Gasteiger partial charge >= 0.3 is 0 Å². The van der Waals surface area contributed by atoms with Crippen LogP contribution in [0.5, 0.6) is 0 Å². The summed E-state index contributed by atoms with van der Waals surface area (Å²) in [5.41, 5.74) is 4.52. The molecule has 30 heavy (non-hydrogen) atoms. The fourth-order valence-electron chi connectivity index (χ4n) is 3.65. The predicted molar refractivity (Wildman–Crippen MR) is 127 cm³/mol. The van der Waals surface area contributed by atoms with Crippen LogP contribution >= 0.6 is 0 Å². The fraction of sp³-hybridized carbons (Fsp3) is 0.500. The molecule has 1 N–H and O–H groups in total. The summed E-state index contributed by atoms with van der Waals surface area (Å²) >= 11 is 0. The quantitative estimate of drug-likeness (QED) is 0.499. The third kappa shape index (κ3) is 6.04. The molecule has 0 aliphatic heterocycles. The highest BCUT2D eigenvalue weighted by Gasteiger charge is 2.25. The molecule has 0 aliphatic rings. The van der Waals surface area contributed by atoms with Crippen molar-refractivity contribution in [2.45, 2.75) is 84.0 Å². The number of hydrogen-bond acceptors (Lipinski definition) is 2. The van der Waals surface area contributed by atoms with Gasteiger partial charge < -0.3 is 0 Å². The molecule has 2 aromatic carbocycles. The van der Waals surface area contributed by atoms with Gasteiger partial charge in [-0.2, -0.15) is 0 Å². The van der Waals surface area contributed by atoms with Gasteiger partial charge in [0.2, 0.25) is 5.91 Å². The molecule has 0 spiro atoms. The molecule has 0 saturated heterocycles. The summed E-state index contributed by atoms with van der Waals surface area (Å²) in [5.74, 6) is 0.507. The van der Waals surface area contributed by atoms with Crippen molar-refractivity contribution in [2.24, 2.45) is 5.92 Å². The minimum atomic E-state index is -1.58. The summed E-state index contributed by atoms with van der Waals surface area (Å²) < 4.78 is 16.3. The van der Waals surface area contributed by atoms with E-state index in [-0.39, 0.29) is 23.7 Å². The average Bonchev–Trinajstić information content (AvgIpc) is 2.71. The Bertz CT molecular complexity index is 843. The first kappa shape index (κ1) is 24.3. The third-order valence-corrected chi connectivity index (χ3v) is 6.88. The van der Waals surface area contributed by atoms with Crippen molar-refractivity contribution in [3.63, 3.8) is 0 Å². The zero-order valence-electron chi connectivity index (χ0n) is 19.5. The minimum absolute atomic E-state index is 0.142. The lowest BCUT2D eigenvalue weighted by molar-refractivity contribution is -0.123. The number of nitrogens with one attached hydrogen (secondary N) is 1. The van der Waals surface area contributed by atoms with E-state index in [2.05, 4.69) is 58.4 Å². The fourth-order valence-corrected chi connectivity index (χ4v) is 5.12. The van der Waals surface area contributed by atoms with Crippen LogP contribution in [-0.2, 0) is 22.2 Å². The molecule has 0 aliphatic carbocycles. The molecular weight excluding hydrogens is 390 g/mol. The monoisotopic (exact) mass is 427 g/mol. The topological polar surface area (TPSA) is 46.2 Å². The zero-order chi connectivity index (χ0) is 22.4. The molecule has 2 rings (SSSR count). The second-order valence-electron chi connectivity index (χ2n) is 9.02. The molecule has 0 aromatic heterocycles. The van der Waals surface area contributed by atoms with E-state index in [0.29, 0.717) is 18.8 Å². The molecular formula is C26H37NO2S. The van der Waals surface area contributed by atoms with Gasteiger partial charge in [0.05, 0.1) is 4.90 Å². The van der Waals surface area contributed by atoms with E-state index in [4.69, 9.17) is 0 Å². The van der Waals surface area contributed by atoms with Gasteiger partial charge in [0.25, 0.3) is 0 Å². The first-order valence-electron chi connectivity index (χ1n) is 11.1. The summed E-state index contributed by atoms with van der Waals surface area (Å²) in [6.45, 7) is 14.8. The van der Waals surface area contributed by atoms with Crippen molar-refractivity contribution in [1.82, 2.24) is 4.72 Å². The highest BCUT2D eigenvalue weighted by molar-refractivity contribution is 7.83. The molecule has 0 fully saturated rings. The Kier molecular flexibility index (Phi) is 8.84. The predicted octanol–water partition coefficient (Wildman–Crippen LogP) is 6.46.